The summed E-state index contributed by atoms with van der Waals surface area (Å²) >= 11 is 0. The first-order valence-corrected chi connectivity index (χ1v) is 8.16. The maximum Gasteiger partial charge on any atom is 0.255 e. The Morgan fingerprint density at radius 1 is 1.28 bits per heavy atom. The highest BCUT2D eigenvalue weighted by molar-refractivity contribution is 5.97. The molecule has 2 atom stereocenters. The van der Waals surface area contributed by atoms with Crippen molar-refractivity contribution >= 4 is 5.91 Å². The van der Waals surface area contributed by atoms with E-state index in [9.17, 15) is 14.3 Å². The van der Waals surface area contributed by atoms with Crippen LogP contribution in [0.4, 0.5) is 4.39 Å². The van der Waals surface area contributed by atoms with Gasteiger partial charge < -0.3 is 19.9 Å². The topological polar surface area (TPSA) is 67.8 Å². The van der Waals surface area contributed by atoms with Gasteiger partial charge in [-0.3, -0.25) is 4.79 Å². The molecule has 0 saturated carbocycles. The molecular formula is C19H20FNO4. The van der Waals surface area contributed by atoms with Crippen LogP contribution in [-0.2, 0) is 16.1 Å². The first kappa shape index (κ1) is 17.4. The van der Waals surface area contributed by atoms with Crippen molar-refractivity contribution in [1.29, 1.82) is 0 Å². The van der Waals surface area contributed by atoms with Gasteiger partial charge in [-0.15, -0.1) is 0 Å². The zero-order chi connectivity index (χ0) is 17.6. The minimum atomic E-state index is -0.584. The van der Waals surface area contributed by atoms with Gasteiger partial charge in [-0.25, -0.2) is 4.39 Å². The molecule has 25 heavy (non-hydrogen) atoms. The lowest BCUT2D eigenvalue weighted by Gasteiger charge is -2.32. The molecule has 1 saturated heterocycles. The van der Waals surface area contributed by atoms with Crippen molar-refractivity contribution in [2.24, 2.45) is 0 Å². The number of carbonyl (C=O) groups is 1. The Bertz CT molecular complexity index is 723. The number of phenols is 1. The van der Waals surface area contributed by atoms with Gasteiger partial charge in [0.15, 0.2) is 0 Å². The Balaban J connectivity index is 1.64. The lowest BCUT2D eigenvalue weighted by atomic mass is 10.1. The Hall–Kier alpha value is -2.44. The van der Waals surface area contributed by atoms with Crippen LogP contribution in [0, 0.1) is 5.82 Å². The Morgan fingerprint density at radius 3 is 2.88 bits per heavy atom. The molecule has 0 unspecified atom stereocenters. The number of rotatable bonds is 5. The predicted molar refractivity (Wildman–Crippen MR) is 89.8 cm³/mol. The molecule has 2 aromatic rings. The molecule has 5 nitrogen and oxygen atoms in total. The fraction of sp³-hybridized carbons (Fsp3) is 0.316. The summed E-state index contributed by atoms with van der Waals surface area (Å²) in [6.45, 7) is 1.29. The highest BCUT2D eigenvalue weighted by atomic mass is 19.1. The van der Waals surface area contributed by atoms with Crippen LogP contribution in [0.25, 0.3) is 0 Å². The van der Waals surface area contributed by atoms with Gasteiger partial charge in [-0.1, -0.05) is 30.3 Å². The minimum absolute atomic E-state index is 0.104. The van der Waals surface area contributed by atoms with Crippen LogP contribution in [0.5, 0.6) is 5.75 Å². The molecule has 3 rings (SSSR count). The molecule has 132 valence electrons. The molecule has 0 aromatic heterocycles. The molecule has 1 heterocycles. The van der Waals surface area contributed by atoms with Crippen LogP contribution in [0.2, 0.25) is 0 Å². The summed E-state index contributed by atoms with van der Waals surface area (Å²) < 4.78 is 24.7. The van der Waals surface area contributed by atoms with Crippen LogP contribution < -0.4 is 5.32 Å². The Labute approximate surface area is 145 Å². The minimum Gasteiger partial charge on any atom is -0.507 e. The van der Waals surface area contributed by atoms with Crippen LogP contribution in [0.3, 0.4) is 0 Å². The molecule has 6 heteroatoms. The van der Waals surface area contributed by atoms with Gasteiger partial charge in [0.1, 0.15) is 11.6 Å². The lowest BCUT2D eigenvalue weighted by molar-refractivity contribution is -0.0605. The van der Waals surface area contributed by atoms with Crippen molar-refractivity contribution in [3.8, 4) is 5.75 Å². The summed E-state index contributed by atoms with van der Waals surface area (Å²) in [4.78, 5) is 12.4. The van der Waals surface area contributed by atoms with E-state index in [0.29, 0.717) is 26.2 Å². The standard InChI is InChI=1S/C19H20FNO4/c20-14-6-7-17(22)15(10-14)19(23)21-16-12-24-9-8-18(16)25-11-13-4-2-1-3-5-13/h1-7,10,16,18,22H,8-9,11-12H2,(H,21,23)/t16-,18+/m1/s1. The number of carbonyl (C=O) groups excluding carboxylic acids is 1. The Kier molecular flexibility index (Phi) is 5.63. The van der Waals surface area contributed by atoms with Crippen molar-refractivity contribution in [2.45, 2.75) is 25.2 Å². The van der Waals surface area contributed by atoms with E-state index in [1.807, 2.05) is 30.3 Å². The second kappa shape index (κ2) is 8.09. The van der Waals surface area contributed by atoms with E-state index < -0.39 is 11.7 Å². The smallest absolute Gasteiger partial charge is 0.255 e. The SMILES string of the molecule is O=C(N[C@@H]1COCC[C@@H]1OCc1ccccc1)c1cc(F)ccc1O. The second-order valence-corrected chi connectivity index (χ2v) is 5.94. The number of benzene rings is 2. The molecule has 2 N–H and O–H groups in total. The number of hydrogen-bond donors (Lipinski definition) is 2. The highest BCUT2D eigenvalue weighted by Gasteiger charge is 2.29. The van der Waals surface area contributed by atoms with E-state index in [2.05, 4.69) is 5.32 Å². The number of ether oxygens (including phenoxy) is 2. The maximum atomic E-state index is 13.3. The van der Waals surface area contributed by atoms with E-state index in [1.54, 1.807) is 0 Å². The molecule has 0 spiro atoms. The number of amides is 1. The first-order chi connectivity index (χ1) is 12.1. The molecule has 1 aliphatic rings. The number of aromatic hydroxyl groups is 1. The quantitative estimate of drug-likeness (QED) is 0.874. The predicted octanol–water partition coefficient (Wildman–Crippen LogP) is 2.64. The molecule has 0 radical (unpaired) electrons. The summed E-state index contributed by atoms with van der Waals surface area (Å²) in [6.07, 6.45) is 0.431. The molecule has 1 amide bonds. The summed E-state index contributed by atoms with van der Waals surface area (Å²) in [5.74, 6) is -1.40. The largest absolute Gasteiger partial charge is 0.507 e. The van der Waals surface area contributed by atoms with Crippen LogP contribution in [0.1, 0.15) is 22.3 Å². The van der Waals surface area contributed by atoms with Crippen LogP contribution >= 0.6 is 0 Å². The summed E-state index contributed by atoms with van der Waals surface area (Å²) in [7, 11) is 0. The zero-order valence-corrected chi connectivity index (χ0v) is 13.7. The summed E-state index contributed by atoms with van der Waals surface area (Å²) in [6, 6.07) is 12.7. The second-order valence-electron chi connectivity index (χ2n) is 5.94. The number of halogens is 1. The van der Waals surface area contributed by atoms with Crippen LogP contribution in [0.15, 0.2) is 48.5 Å². The molecule has 2 aromatic carbocycles. The van der Waals surface area contributed by atoms with E-state index >= 15 is 0 Å². The van der Waals surface area contributed by atoms with Gasteiger partial charge in [0.05, 0.1) is 30.9 Å². The Morgan fingerprint density at radius 2 is 2.08 bits per heavy atom. The van der Waals surface area contributed by atoms with Gasteiger partial charge in [0.2, 0.25) is 0 Å². The first-order valence-electron chi connectivity index (χ1n) is 8.16. The van der Waals surface area contributed by atoms with E-state index in [1.165, 1.54) is 0 Å². The number of phenolic OH excluding ortho intramolecular Hbond substituents is 1. The molecular weight excluding hydrogens is 325 g/mol. The summed E-state index contributed by atoms with van der Waals surface area (Å²) in [5, 5.41) is 12.5. The van der Waals surface area contributed by atoms with Crippen molar-refractivity contribution < 1.29 is 23.8 Å². The number of nitrogens with one attached hydrogen (secondary N) is 1. The van der Waals surface area contributed by atoms with Gasteiger partial charge >= 0.3 is 0 Å². The third-order valence-corrected chi connectivity index (χ3v) is 4.12. The van der Waals surface area contributed by atoms with Crippen molar-refractivity contribution in [3.63, 3.8) is 0 Å². The van der Waals surface area contributed by atoms with Crippen LogP contribution in [-0.4, -0.2) is 36.4 Å². The third kappa shape index (κ3) is 4.55. The fourth-order valence-electron chi connectivity index (χ4n) is 2.77. The maximum absolute atomic E-state index is 13.3. The lowest BCUT2D eigenvalue weighted by Crippen LogP contribution is -2.50. The van der Waals surface area contributed by atoms with Crippen molar-refractivity contribution in [1.82, 2.24) is 5.32 Å². The fourth-order valence-corrected chi connectivity index (χ4v) is 2.77. The van der Waals surface area contributed by atoms with E-state index in [4.69, 9.17) is 9.47 Å². The zero-order valence-electron chi connectivity index (χ0n) is 13.7. The highest BCUT2D eigenvalue weighted by Crippen LogP contribution is 2.20. The molecule has 1 fully saturated rings. The monoisotopic (exact) mass is 345 g/mol. The third-order valence-electron chi connectivity index (χ3n) is 4.12. The average molecular weight is 345 g/mol. The average Bonchev–Trinajstić information content (AvgIpc) is 2.64. The van der Waals surface area contributed by atoms with E-state index in [-0.39, 0.29) is 23.5 Å². The van der Waals surface area contributed by atoms with Crippen molar-refractivity contribution in [3.05, 3.63) is 65.5 Å². The molecule has 0 aliphatic carbocycles. The molecule has 0 bridgehead atoms. The number of hydrogen-bond acceptors (Lipinski definition) is 4. The van der Waals surface area contributed by atoms with Gasteiger partial charge in [-0.2, -0.15) is 0 Å². The van der Waals surface area contributed by atoms with Gasteiger partial charge in [0.25, 0.3) is 5.91 Å². The molecule has 1 aliphatic heterocycles. The van der Waals surface area contributed by atoms with E-state index in [0.717, 1.165) is 23.8 Å². The van der Waals surface area contributed by atoms with Gasteiger partial charge in [0, 0.05) is 6.61 Å². The van der Waals surface area contributed by atoms with Gasteiger partial charge in [-0.05, 0) is 30.2 Å². The normalized spacial score (nSPS) is 20.2. The van der Waals surface area contributed by atoms with Crippen molar-refractivity contribution in [2.75, 3.05) is 13.2 Å². The summed E-state index contributed by atoms with van der Waals surface area (Å²) in [5.41, 5.74) is 0.939.